The van der Waals surface area contributed by atoms with E-state index in [0.717, 1.165) is 42.2 Å². The smallest absolute Gasteiger partial charge is 0.245 e. The second kappa shape index (κ2) is 12.9. The van der Waals surface area contributed by atoms with Crippen molar-refractivity contribution in [1.82, 2.24) is 19.0 Å². The van der Waals surface area contributed by atoms with E-state index < -0.39 is 28.0 Å². The summed E-state index contributed by atoms with van der Waals surface area (Å²) in [6.07, 6.45) is 6.07. The molecule has 0 bridgehead atoms. The van der Waals surface area contributed by atoms with E-state index in [1.165, 1.54) is 23.8 Å². The molecule has 0 spiro atoms. The lowest BCUT2D eigenvalue weighted by Gasteiger charge is -2.33. The van der Waals surface area contributed by atoms with Gasteiger partial charge in [0.05, 0.1) is 6.54 Å². The van der Waals surface area contributed by atoms with Crippen molar-refractivity contribution >= 4 is 45.3 Å². The maximum atomic E-state index is 13.6. The van der Waals surface area contributed by atoms with Crippen molar-refractivity contribution in [3.8, 4) is 0 Å². The lowest BCUT2D eigenvalue weighted by Crippen LogP contribution is -2.53. The number of amides is 2. The number of halogens is 1. The van der Waals surface area contributed by atoms with Gasteiger partial charge in [0, 0.05) is 42.5 Å². The molecule has 0 N–H and O–H groups in total. The maximum Gasteiger partial charge on any atom is 0.245 e. The van der Waals surface area contributed by atoms with Crippen LogP contribution in [0.3, 0.4) is 0 Å². The fourth-order valence-corrected chi connectivity index (χ4v) is 7.26. The Morgan fingerprint density at radius 2 is 1.77 bits per heavy atom. The summed E-state index contributed by atoms with van der Waals surface area (Å²) in [6.45, 7) is 6.92. The van der Waals surface area contributed by atoms with E-state index in [1.807, 2.05) is 4.90 Å². The topological polar surface area (TPSA) is 98.3 Å². The molecule has 3 aliphatic rings. The molecule has 39 heavy (non-hydrogen) atoms. The lowest BCUT2D eigenvalue weighted by atomic mass is 10.2. The largest absolute Gasteiger partial charge is 0.337 e. The zero-order valence-corrected chi connectivity index (χ0v) is 24.4. The second-order valence-electron chi connectivity index (χ2n) is 10.7. The summed E-state index contributed by atoms with van der Waals surface area (Å²) < 4.78 is 27.8. The van der Waals surface area contributed by atoms with Gasteiger partial charge in [-0.2, -0.15) is 4.31 Å². The number of hydrogen-bond acceptors (Lipinski definition) is 6. The molecule has 3 aliphatic heterocycles. The Kier molecular flexibility index (Phi) is 9.85. The van der Waals surface area contributed by atoms with E-state index in [0.29, 0.717) is 17.1 Å². The minimum absolute atomic E-state index is 0.0904. The summed E-state index contributed by atoms with van der Waals surface area (Å²) in [5.41, 5.74) is 0.623. The predicted octanol–water partition coefficient (Wildman–Crippen LogP) is 3.00. The van der Waals surface area contributed by atoms with Gasteiger partial charge in [-0.1, -0.05) is 30.7 Å². The zero-order chi connectivity index (χ0) is 28.2. The van der Waals surface area contributed by atoms with Crippen LogP contribution in [-0.2, 0) is 24.4 Å². The van der Waals surface area contributed by atoms with Crippen LogP contribution < -0.4 is 0 Å². The van der Waals surface area contributed by atoms with Crippen molar-refractivity contribution in [3.63, 3.8) is 0 Å². The Balaban J connectivity index is 1.48. The molecule has 4 rings (SSSR count). The van der Waals surface area contributed by atoms with Crippen LogP contribution in [-0.4, -0.2) is 102 Å². The molecule has 0 saturated carbocycles. The Hall–Kier alpha value is -2.27. The quantitative estimate of drug-likeness (QED) is 0.400. The van der Waals surface area contributed by atoms with Gasteiger partial charge in [0.1, 0.15) is 17.9 Å². The third kappa shape index (κ3) is 7.09. The normalized spacial score (nSPS) is 23.4. The highest BCUT2D eigenvalue weighted by molar-refractivity contribution is 7.92. The first-order valence-corrected chi connectivity index (χ1v) is 15.8. The predicted molar refractivity (Wildman–Crippen MR) is 151 cm³/mol. The number of carbonyl (C=O) groups excluding carboxylic acids is 3. The molecule has 0 unspecified atom stereocenters. The molecule has 11 heteroatoms. The fourth-order valence-electron chi connectivity index (χ4n) is 5.77. The Bertz CT molecular complexity index is 1180. The summed E-state index contributed by atoms with van der Waals surface area (Å²) >= 11 is 5.92. The lowest BCUT2D eigenvalue weighted by molar-refractivity contribution is -0.144. The van der Waals surface area contributed by atoms with Gasteiger partial charge in [0.2, 0.25) is 21.8 Å². The first kappa shape index (κ1) is 29.7. The van der Waals surface area contributed by atoms with Crippen LogP contribution in [0.1, 0.15) is 57.9 Å². The Morgan fingerprint density at radius 1 is 1.08 bits per heavy atom. The summed E-state index contributed by atoms with van der Waals surface area (Å²) in [6, 6.07) is 5.08. The van der Waals surface area contributed by atoms with Crippen molar-refractivity contribution in [2.24, 2.45) is 0 Å². The van der Waals surface area contributed by atoms with E-state index in [2.05, 4.69) is 4.90 Å². The number of benzene rings is 1. The van der Waals surface area contributed by atoms with Gasteiger partial charge in [-0.05, 0) is 75.9 Å². The first-order chi connectivity index (χ1) is 18.6. The highest BCUT2D eigenvalue weighted by atomic mass is 35.5. The van der Waals surface area contributed by atoms with Gasteiger partial charge in [-0.15, -0.1) is 0 Å². The van der Waals surface area contributed by atoms with E-state index in [1.54, 1.807) is 38.1 Å². The third-order valence-corrected chi connectivity index (χ3v) is 9.84. The van der Waals surface area contributed by atoms with Crippen LogP contribution in [0.2, 0.25) is 5.02 Å². The number of sulfonamides is 1. The minimum Gasteiger partial charge on any atom is -0.337 e. The fraction of sp³-hybridized carbons (Fsp3) is 0.607. The van der Waals surface area contributed by atoms with Gasteiger partial charge >= 0.3 is 0 Å². The number of likely N-dealkylation sites (tertiary alicyclic amines) is 3. The van der Waals surface area contributed by atoms with E-state index in [4.69, 9.17) is 11.6 Å². The first-order valence-electron chi connectivity index (χ1n) is 13.9. The van der Waals surface area contributed by atoms with Crippen molar-refractivity contribution in [2.45, 2.75) is 70.5 Å². The molecule has 1 aromatic rings. The van der Waals surface area contributed by atoms with Crippen molar-refractivity contribution in [3.05, 3.63) is 40.3 Å². The Labute approximate surface area is 236 Å². The average Bonchev–Trinajstić information content (AvgIpc) is 3.68. The molecule has 2 amide bonds. The molecular weight excluding hydrogens is 540 g/mol. The van der Waals surface area contributed by atoms with E-state index in [9.17, 15) is 22.8 Å². The van der Waals surface area contributed by atoms with Gasteiger partial charge in [0.25, 0.3) is 0 Å². The van der Waals surface area contributed by atoms with Crippen LogP contribution >= 0.6 is 11.6 Å². The number of rotatable bonds is 11. The molecular formula is C28H39ClN4O5S. The van der Waals surface area contributed by atoms with Crippen LogP contribution in [0, 0.1) is 0 Å². The molecule has 3 fully saturated rings. The second-order valence-corrected chi connectivity index (χ2v) is 12.9. The van der Waals surface area contributed by atoms with Crippen LogP contribution in [0.4, 0.5) is 0 Å². The van der Waals surface area contributed by atoms with Gasteiger partial charge in [-0.25, -0.2) is 8.42 Å². The summed E-state index contributed by atoms with van der Waals surface area (Å²) in [4.78, 5) is 45.3. The summed E-state index contributed by atoms with van der Waals surface area (Å²) in [5, 5.41) is 1.55. The van der Waals surface area contributed by atoms with Gasteiger partial charge in [0.15, 0.2) is 0 Å². The molecule has 0 radical (unpaired) electrons. The highest BCUT2D eigenvalue weighted by Crippen LogP contribution is 2.27. The average molecular weight is 579 g/mol. The molecule has 0 aliphatic carbocycles. The third-order valence-electron chi connectivity index (χ3n) is 8.07. The van der Waals surface area contributed by atoms with Gasteiger partial charge in [-0.3, -0.25) is 14.4 Å². The molecule has 1 aromatic carbocycles. The number of nitrogens with zero attached hydrogens (tertiary/aromatic N) is 4. The molecule has 0 aromatic heterocycles. The maximum absolute atomic E-state index is 13.6. The van der Waals surface area contributed by atoms with Crippen molar-refractivity contribution in [1.29, 1.82) is 0 Å². The molecule has 3 heterocycles. The standard InChI is InChI=1S/C28H39ClN4O5S/c1-3-25(34)20-33(39(37,38)18-13-22-8-10-23(29)11-9-22)26-12-17-31(28(26)36)21(2)27(35)32-16-6-7-24(32)19-30-14-4-5-15-30/h8-11,13,18,21,24,26H,3-7,12,14-17,19-20H2,1-2H3/b18-13+/t21-,24-,26-/m0/s1. The van der Waals surface area contributed by atoms with E-state index >= 15 is 0 Å². The number of hydrogen-bond donors (Lipinski definition) is 0. The van der Waals surface area contributed by atoms with Crippen molar-refractivity contribution < 1.29 is 22.8 Å². The number of Topliss-reactive ketones (excluding diaryl/α,β-unsaturated/α-hetero) is 1. The molecule has 214 valence electrons. The summed E-state index contributed by atoms with van der Waals surface area (Å²) in [7, 11) is -4.11. The molecule has 3 saturated heterocycles. The van der Waals surface area contributed by atoms with Crippen LogP contribution in [0.5, 0.6) is 0 Å². The Morgan fingerprint density at radius 3 is 2.44 bits per heavy atom. The number of carbonyl (C=O) groups is 3. The SMILES string of the molecule is CCC(=O)CN([C@H]1CCN([C@@H](C)C(=O)N2CCC[C@H]2CN2CCCC2)C1=O)S(=O)(=O)/C=C/c1ccc(Cl)cc1. The zero-order valence-electron chi connectivity index (χ0n) is 22.8. The molecule has 9 nitrogen and oxygen atoms in total. The van der Waals surface area contributed by atoms with E-state index in [-0.39, 0.29) is 43.7 Å². The highest BCUT2D eigenvalue weighted by Gasteiger charge is 2.45. The minimum atomic E-state index is -4.11. The van der Waals surface area contributed by atoms with Crippen LogP contribution in [0.25, 0.3) is 6.08 Å². The molecule has 3 atom stereocenters. The number of ketones is 1. The van der Waals surface area contributed by atoms with Crippen molar-refractivity contribution in [2.75, 3.05) is 39.3 Å². The monoisotopic (exact) mass is 578 g/mol. The summed E-state index contributed by atoms with van der Waals surface area (Å²) in [5.74, 6) is -0.804. The van der Waals surface area contributed by atoms with Gasteiger partial charge < -0.3 is 14.7 Å². The van der Waals surface area contributed by atoms with Crippen LogP contribution in [0.15, 0.2) is 29.7 Å².